The summed E-state index contributed by atoms with van der Waals surface area (Å²) in [6.45, 7) is 3.55. The molecule has 7 heteroatoms. The molecule has 4 rings (SSSR count). The summed E-state index contributed by atoms with van der Waals surface area (Å²) < 4.78 is 7.72. The van der Waals surface area contributed by atoms with Crippen LogP contribution in [0, 0.1) is 13.8 Å². The number of anilines is 1. The third-order valence-electron chi connectivity index (χ3n) is 5.20. The molecule has 0 unspecified atom stereocenters. The van der Waals surface area contributed by atoms with Crippen LogP contribution in [0.2, 0.25) is 0 Å². The molecule has 0 atom stereocenters. The number of carbonyl (C=O) groups excluding carboxylic acids is 1. The summed E-state index contributed by atoms with van der Waals surface area (Å²) in [5, 5.41) is 3.14. The van der Waals surface area contributed by atoms with Crippen molar-refractivity contribution >= 4 is 22.5 Å². The van der Waals surface area contributed by atoms with E-state index in [9.17, 15) is 14.4 Å². The number of nitrogens with zero attached hydrogens (tertiary/aromatic N) is 2. The van der Waals surface area contributed by atoms with Gasteiger partial charge in [0.15, 0.2) is 0 Å². The van der Waals surface area contributed by atoms with Gasteiger partial charge in [-0.05, 0) is 61.4 Å². The van der Waals surface area contributed by atoms with Gasteiger partial charge in [-0.1, -0.05) is 30.3 Å². The average Bonchev–Trinajstić information content (AvgIpc) is 2.76. The molecule has 0 saturated heterocycles. The van der Waals surface area contributed by atoms with Gasteiger partial charge in [0.25, 0.3) is 5.56 Å². The second-order valence-electron chi connectivity index (χ2n) is 7.62. The van der Waals surface area contributed by atoms with E-state index < -0.39 is 17.2 Å². The maximum absolute atomic E-state index is 13.5. The second kappa shape index (κ2) is 8.55. The number of nitrogens with one attached hydrogen (secondary N) is 1. The predicted molar refractivity (Wildman–Crippen MR) is 125 cm³/mol. The molecule has 162 valence electrons. The zero-order valence-corrected chi connectivity index (χ0v) is 18.1. The van der Waals surface area contributed by atoms with E-state index in [0.717, 1.165) is 15.7 Å². The van der Waals surface area contributed by atoms with E-state index in [0.29, 0.717) is 28.0 Å². The molecule has 0 aliphatic heterocycles. The molecule has 0 aliphatic carbocycles. The van der Waals surface area contributed by atoms with E-state index in [1.807, 2.05) is 19.9 Å². The lowest BCUT2D eigenvalue weighted by molar-refractivity contribution is -0.116. The van der Waals surface area contributed by atoms with Crippen LogP contribution in [-0.4, -0.2) is 22.2 Å². The highest BCUT2D eigenvalue weighted by Gasteiger charge is 2.17. The van der Waals surface area contributed by atoms with Crippen molar-refractivity contribution in [2.24, 2.45) is 0 Å². The monoisotopic (exact) mass is 429 g/mol. The van der Waals surface area contributed by atoms with E-state index in [2.05, 4.69) is 5.32 Å². The number of carbonyl (C=O) groups is 1. The Labute approximate surface area is 184 Å². The molecule has 32 heavy (non-hydrogen) atoms. The maximum atomic E-state index is 13.5. The van der Waals surface area contributed by atoms with E-state index in [1.165, 1.54) is 11.7 Å². The number of benzene rings is 3. The number of rotatable bonds is 5. The lowest BCUT2D eigenvalue weighted by atomic mass is 10.1. The Hall–Kier alpha value is -4.13. The fraction of sp³-hybridized carbons (Fsp3) is 0.160. The van der Waals surface area contributed by atoms with Gasteiger partial charge >= 0.3 is 5.69 Å². The minimum Gasteiger partial charge on any atom is -0.495 e. The first-order valence-corrected chi connectivity index (χ1v) is 10.1. The minimum atomic E-state index is -0.575. The number of aromatic nitrogens is 2. The van der Waals surface area contributed by atoms with Crippen LogP contribution in [-0.2, 0) is 11.3 Å². The van der Waals surface area contributed by atoms with Gasteiger partial charge in [-0.15, -0.1) is 0 Å². The van der Waals surface area contributed by atoms with Gasteiger partial charge in [0, 0.05) is 0 Å². The molecule has 0 bridgehead atoms. The fourth-order valence-corrected chi connectivity index (χ4v) is 3.86. The first-order valence-electron chi connectivity index (χ1n) is 10.1. The molecule has 1 amide bonds. The number of hydrogen-bond acceptors (Lipinski definition) is 4. The summed E-state index contributed by atoms with van der Waals surface area (Å²) in [6.07, 6.45) is 0. The lowest BCUT2D eigenvalue weighted by Gasteiger charge is -2.15. The Bertz CT molecular complexity index is 1430. The van der Waals surface area contributed by atoms with Crippen molar-refractivity contribution in [3.63, 3.8) is 0 Å². The van der Waals surface area contributed by atoms with E-state index in [4.69, 9.17) is 4.74 Å². The summed E-state index contributed by atoms with van der Waals surface area (Å²) in [5.41, 5.74) is 2.24. The summed E-state index contributed by atoms with van der Waals surface area (Å²) in [5.74, 6) is 0.102. The summed E-state index contributed by atoms with van der Waals surface area (Å²) >= 11 is 0. The molecular weight excluding hydrogens is 406 g/mol. The molecule has 0 aliphatic rings. The highest BCUT2D eigenvalue weighted by molar-refractivity contribution is 5.93. The van der Waals surface area contributed by atoms with Gasteiger partial charge < -0.3 is 10.1 Å². The van der Waals surface area contributed by atoms with E-state index in [1.54, 1.807) is 60.7 Å². The van der Waals surface area contributed by atoms with Crippen LogP contribution < -0.4 is 21.3 Å². The lowest BCUT2D eigenvalue weighted by Crippen LogP contribution is -2.40. The van der Waals surface area contributed by atoms with Gasteiger partial charge in [0.2, 0.25) is 5.91 Å². The van der Waals surface area contributed by atoms with Crippen LogP contribution in [0.1, 0.15) is 11.1 Å². The third-order valence-corrected chi connectivity index (χ3v) is 5.20. The number of para-hydroxylation sites is 3. The summed E-state index contributed by atoms with van der Waals surface area (Å²) in [6, 6.07) is 19.3. The Kier molecular flexibility index (Phi) is 5.64. The molecule has 0 saturated carbocycles. The number of methoxy groups -OCH3 is 1. The third kappa shape index (κ3) is 3.92. The second-order valence-corrected chi connectivity index (χ2v) is 7.62. The molecule has 7 nitrogen and oxygen atoms in total. The van der Waals surface area contributed by atoms with Crippen LogP contribution >= 0.6 is 0 Å². The Morgan fingerprint density at radius 1 is 0.938 bits per heavy atom. The molecule has 0 radical (unpaired) electrons. The Morgan fingerprint density at radius 2 is 1.59 bits per heavy atom. The normalized spacial score (nSPS) is 10.8. The number of hydrogen-bond donors (Lipinski definition) is 1. The van der Waals surface area contributed by atoms with Gasteiger partial charge in [0.1, 0.15) is 12.3 Å². The maximum Gasteiger partial charge on any atom is 0.336 e. The van der Waals surface area contributed by atoms with Crippen molar-refractivity contribution in [2.75, 3.05) is 12.4 Å². The van der Waals surface area contributed by atoms with Gasteiger partial charge in [-0.3, -0.25) is 14.2 Å². The zero-order chi connectivity index (χ0) is 22.8. The van der Waals surface area contributed by atoms with Crippen molar-refractivity contribution in [1.29, 1.82) is 0 Å². The highest BCUT2D eigenvalue weighted by atomic mass is 16.5. The molecular formula is C25H23N3O4. The molecule has 1 heterocycles. The van der Waals surface area contributed by atoms with Gasteiger partial charge in [-0.25, -0.2) is 9.36 Å². The molecule has 0 spiro atoms. The SMILES string of the molecule is COc1ccccc1NC(=O)Cn1c(=O)n(-c2cc(C)cc(C)c2)c(=O)c2ccccc21. The fourth-order valence-electron chi connectivity index (χ4n) is 3.86. The first-order chi connectivity index (χ1) is 15.4. The summed E-state index contributed by atoms with van der Waals surface area (Å²) in [7, 11) is 1.52. The summed E-state index contributed by atoms with van der Waals surface area (Å²) in [4.78, 5) is 39.5. The van der Waals surface area contributed by atoms with E-state index in [-0.39, 0.29) is 6.54 Å². The number of fused-ring (bicyclic) bond motifs is 1. The van der Waals surface area contributed by atoms with Crippen LogP contribution in [0.3, 0.4) is 0 Å². The Morgan fingerprint density at radius 3 is 2.31 bits per heavy atom. The molecule has 4 aromatic rings. The number of ether oxygens (including phenoxy) is 1. The smallest absolute Gasteiger partial charge is 0.336 e. The van der Waals surface area contributed by atoms with Crippen molar-refractivity contribution in [3.8, 4) is 11.4 Å². The van der Waals surface area contributed by atoms with E-state index >= 15 is 0 Å². The van der Waals surface area contributed by atoms with Crippen LogP contribution in [0.15, 0.2) is 76.3 Å². The molecule has 3 aromatic carbocycles. The largest absolute Gasteiger partial charge is 0.495 e. The minimum absolute atomic E-state index is 0.261. The standard InChI is InChI=1S/C25H23N3O4/c1-16-12-17(2)14-18(13-16)28-24(30)19-8-4-6-10-21(19)27(25(28)31)15-23(29)26-20-9-5-7-11-22(20)32-3/h4-14H,15H2,1-3H3,(H,26,29). The highest BCUT2D eigenvalue weighted by Crippen LogP contribution is 2.23. The number of amides is 1. The Balaban J connectivity index is 1.85. The zero-order valence-electron chi connectivity index (χ0n) is 18.1. The van der Waals surface area contributed by atoms with Crippen molar-refractivity contribution in [1.82, 2.24) is 9.13 Å². The topological polar surface area (TPSA) is 82.3 Å². The predicted octanol–water partition coefficient (Wildman–Crippen LogP) is 3.42. The quantitative estimate of drug-likeness (QED) is 0.527. The van der Waals surface area contributed by atoms with Crippen molar-refractivity contribution in [3.05, 3.63) is 98.7 Å². The molecule has 0 fully saturated rings. The first kappa shape index (κ1) is 21.1. The van der Waals surface area contributed by atoms with Crippen LogP contribution in [0.5, 0.6) is 5.75 Å². The number of aryl methyl sites for hydroxylation is 2. The average molecular weight is 429 g/mol. The van der Waals surface area contributed by atoms with Crippen molar-refractivity contribution < 1.29 is 9.53 Å². The van der Waals surface area contributed by atoms with Crippen LogP contribution in [0.25, 0.3) is 16.6 Å². The van der Waals surface area contributed by atoms with Gasteiger partial charge in [-0.2, -0.15) is 0 Å². The van der Waals surface area contributed by atoms with Crippen molar-refractivity contribution in [2.45, 2.75) is 20.4 Å². The molecule has 1 aromatic heterocycles. The molecule has 1 N–H and O–H groups in total. The van der Waals surface area contributed by atoms with Crippen LogP contribution in [0.4, 0.5) is 5.69 Å². The van der Waals surface area contributed by atoms with Gasteiger partial charge in [0.05, 0.1) is 29.4 Å².